The Labute approximate surface area is 304 Å². The topological polar surface area (TPSA) is 51.8 Å². The SMILES string of the molecule is [2H]C([2H])([2H])c1ccc2c(n1)oc1c[c-]c(-c3cc(C([2H])(CC)CC)ccn3)cc12.[2H]C([2H])(c1cc(-c2[c-]cccc2)ncc1[Si](C)(C)C)C(C)(C)C.[Ir]. The molecule has 4 aromatic heterocycles. The molecule has 0 amide bonds. The number of hydrogen-bond donors (Lipinski definition) is 0. The van der Waals surface area contributed by atoms with Crippen molar-refractivity contribution in [3.8, 4) is 22.5 Å². The molecule has 247 valence electrons. The Morgan fingerprint density at radius 1 is 0.936 bits per heavy atom. The summed E-state index contributed by atoms with van der Waals surface area (Å²) in [4.78, 5) is 13.3. The Morgan fingerprint density at radius 3 is 2.36 bits per heavy atom. The van der Waals surface area contributed by atoms with Gasteiger partial charge in [-0.15, -0.1) is 59.7 Å². The van der Waals surface area contributed by atoms with Gasteiger partial charge in [0.2, 0.25) is 5.71 Å². The monoisotopic (exact) mass is 824 g/mol. The molecule has 0 bridgehead atoms. The van der Waals surface area contributed by atoms with E-state index in [1.54, 1.807) is 18.3 Å². The normalized spacial score (nSPS) is 14.5. The summed E-state index contributed by atoms with van der Waals surface area (Å²) in [5.41, 5.74) is 5.34. The van der Waals surface area contributed by atoms with Crippen LogP contribution in [0.1, 0.15) is 78.4 Å². The predicted octanol–water partition coefficient (Wildman–Crippen LogP) is 10.7. The van der Waals surface area contributed by atoms with E-state index < -0.39 is 32.6 Å². The zero-order valence-corrected chi connectivity index (χ0v) is 31.9. The van der Waals surface area contributed by atoms with Crippen LogP contribution in [0.5, 0.6) is 0 Å². The standard InChI is InChI=1S/C22H21N2O.C19H26NSi.Ir/c1-4-15(5-2)16-10-11-23-20(13-16)17-7-9-21-19(12-17)18-8-6-14(3)24-22(18)25-21;1-19(2,3)13-16-12-17(15-10-8-7-9-11-15)20-14-18(16)21(4,5)6;/h6,8-13,15H,4-5H2,1-3H3;7-10,12,14H,13H2,1-6H3;/q2*-1;/i3D3,15D;13D2;. The quantitative estimate of drug-likeness (QED) is 0.119. The minimum atomic E-state index is -2.28. The van der Waals surface area contributed by atoms with Gasteiger partial charge in [0.05, 0.1) is 13.7 Å². The van der Waals surface area contributed by atoms with Crippen molar-refractivity contribution < 1.29 is 32.7 Å². The van der Waals surface area contributed by atoms with Crippen LogP contribution in [-0.4, -0.2) is 23.0 Å². The van der Waals surface area contributed by atoms with Gasteiger partial charge in [0.25, 0.3) is 0 Å². The van der Waals surface area contributed by atoms with Crippen LogP contribution in [0.3, 0.4) is 0 Å². The maximum Gasteiger partial charge on any atom is 0.216 e. The van der Waals surface area contributed by atoms with Crippen LogP contribution in [0.15, 0.2) is 83.5 Å². The number of fused-ring (bicyclic) bond motifs is 3. The molecule has 6 rings (SSSR count). The van der Waals surface area contributed by atoms with E-state index in [1.807, 2.05) is 89.3 Å². The summed E-state index contributed by atoms with van der Waals surface area (Å²) in [6.07, 6.45) is 3.64. The minimum absolute atomic E-state index is 0. The van der Waals surface area contributed by atoms with E-state index in [0.717, 1.165) is 62.4 Å². The van der Waals surface area contributed by atoms with Gasteiger partial charge in [-0.3, -0.25) is 0 Å². The van der Waals surface area contributed by atoms with E-state index in [4.69, 9.17) is 12.6 Å². The Balaban J connectivity index is 0.000000239. The molecule has 0 atom stereocenters. The number of pyridine rings is 3. The minimum Gasteiger partial charge on any atom is -0.486 e. The van der Waals surface area contributed by atoms with Crippen LogP contribution >= 0.6 is 0 Å². The van der Waals surface area contributed by atoms with Gasteiger partial charge in [-0.25, -0.2) is 4.98 Å². The third kappa shape index (κ3) is 8.93. The second-order valence-corrected chi connectivity index (χ2v) is 18.6. The summed E-state index contributed by atoms with van der Waals surface area (Å²) in [6.45, 7) is 14.3. The Morgan fingerprint density at radius 2 is 1.70 bits per heavy atom. The first-order valence-corrected chi connectivity index (χ1v) is 19.4. The van der Waals surface area contributed by atoms with E-state index >= 15 is 0 Å². The molecule has 0 aliphatic rings. The van der Waals surface area contributed by atoms with Gasteiger partial charge in [-0.2, -0.15) is 0 Å². The van der Waals surface area contributed by atoms with Crippen molar-refractivity contribution in [3.05, 3.63) is 108 Å². The number of hydrogen-bond acceptors (Lipinski definition) is 4. The van der Waals surface area contributed by atoms with E-state index in [1.165, 1.54) is 6.07 Å². The first-order chi connectivity index (χ1) is 24.2. The van der Waals surface area contributed by atoms with E-state index in [9.17, 15) is 0 Å². The van der Waals surface area contributed by atoms with Crippen molar-refractivity contribution in [3.63, 3.8) is 0 Å². The molecule has 4 nitrogen and oxygen atoms in total. The molecular formula is C41H47IrN3OSi-2. The molecule has 0 fully saturated rings. The molecule has 0 saturated carbocycles. The third-order valence-corrected chi connectivity index (χ3v) is 9.79. The Bertz CT molecular complexity index is 2190. The molecule has 1 radical (unpaired) electrons. The van der Waals surface area contributed by atoms with Gasteiger partial charge in [0, 0.05) is 51.8 Å². The molecule has 4 heterocycles. The van der Waals surface area contributed by atoms with E-state index in [-0.39, 0.29) is 25.8 Å². The van der Waals surface area contributed by atoms with Crippen molar-refractivity contribution in [2.45, 2.75) is 86.2 Å². The number of furan rings is 1. The van der Waals surface area contributed by atoms with Gasteiger partial charge in [0.1, 0.15) is 0 Å². The summed E-state index contributed by atoms with van der Waals surface area (Å²) < 4.78 is 54.5. The smallest absolute Gasteiger partial charge is 0.216 e. The maximum atomic E-state index is 8.75. The number of nitrogens with zero attached hydrogens (tertiary/aromatic N) is 3. The first-order valence-electron chi connectivity index (χ1n) is 18.9. The molecule has 0 N–H and O–H groups in total. The van der Waals surface area contributed by atoms with Crippen LogP contribution in [0.25, 0.3) is 44.6 Å². The summed E-state index contributed by atoms with van der Waals surface area (Å²) in [5, 5.41) is 2.67. The predicted molar refractivity (Wildman–Crippen MR) is 196 cm³/mol. The Kier molecular flexibility index (Phi) is 9.23. The van der Waals surface area contributed by atoms with Crippen molar-refractivity contribution in [1.29, 1.82) is 0 Å². The number of rotatable bonds is 7. The van der Waals surface area contributed by atoms with Crippen LogP contribution in [-0.2, 0) is 26.5 Å². The van der Waals surface area contributed by atoms with Gasteiger partial charge in [-0.05, 0) is 72.1 Å². The van der Waals surface area contributed by atoms with Crippen molar-refractivity contribution in [1.82, 2.24) is 15.0 Å². The average Bonchev–Trinajstić information content (AvgIpc) is 3.48. The Hall–Kier alpha value is -3.44. The molecule has 0 spiro atoms. The summed E-state index contributed by atoms with van der Waals surface area (Å²) in [5.74, 6) is -0.639. The molecule has 0 aliphatic carbocycles. The molecule has 0 unspecified atom stereocenters. The van der Waals surface area contributed by atoms with E-state index in [2.05, 4.69) is 46.7 Å². The zero-order valence-electron chi connectivity index (χ0n) is 34.5. The fourth-order valence-electron chi connectivity index (χ4n) is 5.46. The second kappa shape index (κ2) is 15.2. The summed E-state index contributed by atoms with van der Waals surface area (Å²) in [6, 6.07) is 26.8. The molecule has 6 heteroatoms. The van der Waals surface area contributed by atoms with Gasteiger partial charge in [-0.1, -0.05) is 82.9 Å². The second-order valence-electron chi connectivity index (χ2n) is 13.5. The van der Waals surface area contributed by atoms with Crippen LogP contribution in [0.4, 0.5) is 0 Å². The third-order valence-electron chi connectivity index (χ3n) is 7.77. The molecular weight excluding hydrogens is 771 g/mol. The number of aryl methyl sites for hydroxylation is 1. The van der Waals surface area contributed by atoms with Crippen LogP contribution in [0.2, 0.25) is 19.6 Å². The molecule has 0 saturated heterocycles. The molecule has 2 aromatic carbocycles. The van der Waals surface area contributed by atoms with E-state index in [0.29, 0.717) is 11.3 Å². The summed E-state index contributed by atoms with van der Waals surface area (Å²) >= 11 is 0. The fraction of sp³-hybridized carbons (Fsp3) is 0.341. The molecule has 6 aromatic rings. The number of aromatic nitrogens is 3. The van der Waals surface area contributed by atoms with Crippen LogP contribution < -0.4 is 5.19 Å². The van der Waals surface area contributed by atoms with Crippen molar-refractivity contribution in [2.75, 3.05) is 0 Å². The van der Waals surface area contributed by atoms with Crippen molar-refractivity contribution in [2.24, 2.45) is 5.41 Å². The van der Waals surface area contributed by atoms with Crippen LogP contribution in [0, 0.1) is 24.4 Å². The van der Waals surface area contributed by atoms with Gasteiger partial charge >= 0.3 is 0 Å². The zero-order chi connectivity index (χ0) is 38.3. The van der Waals surface area contributed by atoms with Crippen molar-refractivity contribution >= 4 is 35.3 Å². The number of benzene rings is 2. The summed E-state index contributed by atoms with van der Waals surface area (Å²) in [7, 11) is -1.70. The fourth-order valence-corrected chi connectivity index (χ4v) is 6.86. The largest absolute Gasteiger partial charge is 0.486 e. The van der Waals surface area contributed by atoms with Gasteiger partial charge < -0.3 is 14.4 Å². The maximum absolute atomic E-state index is 8.75. The van der Waals surface area contributed by atoms with Gasteiger partial charge in [0.15, 0.2) is 0 Å². The first kappa shape index (κ1) is 28.6. The molecule has 47 heavy (non-hydrogen) atoms. The average molecular weight is 824 g/mol. The molecule has 0 aliphatic heterocycles.